The second kappa shape index (κ2) is 6.87. The fourth-order valence-electron chi connectivity index (χ4n) is 2.54. The van der Waals surface area contributed by atoms with Crippen LogP contribution >= 0.6 is 0 Å². The minimum atomic E-state index is -1.06. The number of anilines is 1. The van der Waals surface area contributed by atoms with Crippen molar-refractivity contribution in [3.8, 4) is 5.69 Å². The van der Waals surface area contributed by atoms with Crippen molar-refractivity contribution < 1.29 is 13.6 Å². The third-order valence-corrected chi connectivity index (χ3v) is 3.77. The van der Waals surface area contributed by atoms with E-state index in [-0.39, 0.29) is 6.54 Å². The Morgan fingerprint density at radius 1 is 1.12 bits per heavy atom. The predicted molar refractivity (Wildman–Crippen MR) is 90.5 cm³/mol. The average molecular weight is 359 g/mol. The Morgan fingerprint density at radius 2 is 1.77 bits per heavy atom. The number of aryl methyl sites for hydroxylation is 1. The van der Waals surface area contributed by atoms with Crippen LogP contribution in [0, 0.1) is 18.6 Å². The van der Waals surface area contributed by atoms with Gasteiger partial charge in [-0.25, -0.2) is 18.4 Å². The molecule has 0 atom stereocenters. The number of halogens is 2. The summed E-state index contributed by atoms with van der Waals surface area (Å²) in [7, 11) is 0. The molecule has 9 heteroatoms. The summed E-state index contributed by atoms with van der Waals surface area (Å²) in [4.78, 5) is 26.5. The van der Waals surface area contributed by atoms with Crippen LogP contribution < -0.4 is 10.6 Å². The summed E-state index contributed by atoms with van der Waals surface area (Å²) in [5.74, 6) is -1.98. The van der Waals surface area contributed by atoms with Gasteiger partial charge in [0.1, 0.15) is 5.69 Å². The second-order valence-corrected chi connectivity index (χ2v) is 5.52. The number of amides is 1. The number of tetrazole rings is 1. The molecule has 3 aromatic rings. The van der Waals surface area contributed by atoms with Crippen molar-refractivity contribution in [2.24, 2.45) is 0 Å². The topological polar surface area (TPSA) is 73.0 Å². The van der Waals surface area contributed by atoms with Crippen LogP contribution in [0.15, 0.2) is 47.3 Å². The van der Waals surface area contributed by atoms with E-state index in [0.717, 1.165) is 23.8 Å². The van der Waals surface area contributed by atoms with Gasteiger partial charge in [-0.15, -0.1) is 4.68 Å². The van der Waals surface area contributed by atoms with Crippen LogP contribution in [0.2, 0.25) is 0 Å². The van der Waals surface area contributed by atoms with Crippen molar-refractivity contribution in [3.63, 3.8) is 0 Å². The zero-order chi connectivity index (χ0) is 18.8. The number of carbonyl (C=O) groups is 1. The molecule has 2 aromatic carbocycles. The lowest BCUT2D eigenvalue weighted by Crippen LogP contribution is -2.41. The molecule has 0 aliphatic carbocycles. The first-order valence-electron chi connectivity index (χ1n) is 7.82. The molecule has 0 saturated carbocycles. The highest BCUT2D eigenvalue weighted by atomic mass is 19.1. The molecule has 0 saturated heterocycles. The summed E-state index contributed by atoms with van der Waals surface area (Å²) >= 11 is 0. The molecule has 0 N–H and O–H groups in total. The zero-order valence-electron chi connectivity index (χ0n) is 14.1. The number of nitrogens with zero attached hydrogens (tertiary/aromatic N) is 5. The monoisotopic (exact) mass is 359 g/mol. The van der Waals surface area contributed by atoms with Gasteiger partial charge in [0, 0.05) is 12.2 Å². The van der Waals surface area contributed by atoms with Crippen molar-refractivity contribution in [3.05, 3.63) is 70.1 Å². The number of hydrogen-bond donors (Lipinski definition) is 0. The molecule has 1 amide bonds. The summed E-state index contributed by atoms with van der Waals surface area (Å²) in [5, 5.41) is 6.93. The number of aromatic nitrogens is 4. The lowest BCUT2D eigenvalue weighted by molar-refractivity contribution is 0.244. The smallest absolute Gasteiger partial charge is 0.293 e. The minimum Gasteiger partial charge on any atom is -0.293 e. The van der Waals surface area contributed by atoms with Gasteiger partial charge in [-0.3, -0.25) is 4.90 Å². The molecular formula is C17H15F2N5O2. The first-order chi connectivity index (χ1) is 12.4. The Balaban J connectivity index is 2.04. The molecule has 0 bridgehead atoms. The molecule has 0 aliphatic heterocycles. The first-order valence-corrected chi connectivity index (χ1v) is 7.82. The number of carbonyl (C=O) groups excluding carboxylic acids is 1. The highest BCUT2D eigenvalue weighted by Gasteiger charge is 2.24. The van der Waals surface area contributed by atoms with Crippen LogP contribution in [0.1, 0.15) is 12.5 Å². The molecule has 1 heterocycles. The maximum atomic E-state index is 13.9. The summed E-state index contributed by atoms with van der Waals surface area (Å²) in [5.41, 5.74) is -0.255. The zero-order valence-corrected chi connectivity index (χ0v) is 14.1. The highest BCUT2D eigenvalue weighted by Crippen LogP contribution is 2.17. The van der Waals surface area contributed by atoms with E-state index in [4.69, 9.17) is 0 Å². The lowest BCUT2D eigenvalue weighted by atomic mass is 10.2. The molecule has 0 radical (unpaired) electrons. The van der Waals surface area contributed by atoms with Gasteiger partial charge in [0.2, 0.25) is 0 Å². The van der Waals surface area contributed by atoms with Crippen molar-refractivity contribution in [2.75, 3.05) is 11.4 Å². The Kier molecular flexibility index (Phi) is 4.61. The largest absolute Gasteiger partial charge is 0.377 e. The van der Waals surface area contributed by atoms with E-state index in [2.05, 4.69) is 10.4 Å². The maximum Gasteiger partial charge on any atom is 0.377 e. The van der Waals surface area contributed by atoms with Crippen molar-refractivity contribution in [1.29, 1.82) is 0 Å². The van der Waals surface area contributed by atoms with E-state index < -0.39 is 29.0 Å². The molecule has 7 nitrogen and oxygen atoms in total. The van der Waals surface area contributed by atoms with Gasteiger partial charge in [-0.1, -0.05) is 18.2 Å². The van der Waals surface area contributed by atoms with Gasteiger partial charge in [0.05, 0.1) is 0 Å². The van der Waals surface area contributed by atoms with E-state index in [1.54, 1.807) is 25.1 Å². The van der Waals surface area contributed by atoms with Gasteiger partial charge in [0.25, 0.3) is 0 Å². The second-order valence-electron chi connectivity index (χ2n) is 5.52. The molecule has 26 heavy (non-hydrogen) atoms. The molecular weight excluding hydrogens is 344 g/mol. The van der Waals surface area contributed by atoms with E-state index in [0.29, 0.717) is 15.1 Å². The van der Waals surface area contributed by atoms with E-state index in [1.807, 2.05) is 13.0 Å². The number of hydrogen-bond acceptors (Lipinski definition) is 4. The normalized spacial score (nSPS) is 10.8. The third kappa shape index (κ3) is 2.99. The number of rotatable bonds is 3. The Morgan fingerprint density at radius 3 is 2.38 bits per heavy atom. The van der Waals surface area contributed by atoms with Gasteiger partial charge in [-0.05, 0) is 54.1 Å². The number of para-hydroxylation sites is 1. The summed E-state index contributed by atoms with van der Waals surface area (Å²) in [6.45, 7) is 3.85. The minimum absolute atomic E-state index is 0.260. The van der Waals surface area contributed by atoms with Crippen LogP contribution in [0.4, 0.5) is 19.3 Å². The van der Waals surface area contributed by atoms with E-state index in [9.17, 15) is 18.4 Å². The lowest BCUT2D eigenvalue weighted by Gasteiger charge is -2.19. The fraction of sp³-hybridized carbons (Fsp3) is 0.176. The standard InChI is InChI=1S/C17H15F2N5O2/c1-3-22(12-7-4-6-11(2)10-12)16(25)24-17(26)23(20-21-24)15-13(18)8-5-9-14(15)19/h4-10H,3H2,1-2H3. The average Bonchev–Trinajstić information content (AvgIpc) is 2.97. The highest BCUT2D eigenvalue weighted by molar-refractivity contribution is 5.92. The summed E-state index contributed by atoms with van der Waals surface area (Å²) < 4.78 is 28.7. The van der Waals surface area contributed by atoms with Crippen molar-refractivity contribution in [2.45, 2.75) is 13.8 Å². The third-order valence-electron chi connectivity index (χ3n) is 3.77. The van der Waals surface area contributed by atoms with Crippen molar-refractivity contribution in [1.82, 2.24) is 19.8 Å². The summed E-state index contributed by atoms with van der Waals surface area (Å²) in [6, 6.07) is 9.47. The van der Waals surface area contributed by atoms with Crippen LogP contribution in [0.5, 0.6) is 0 Å². The predicted octanol–water partition coefficient (Wildman–Crippen LogP) is 2.51. The molecule has 1 aromatic heterocycles. The molecule has 0 unspecified atom stereocenters. The maximum absolute atomic E-state index is 13.9. The van der Waals surface area contributed by atoms with Gasteiger partial charge in [-0.2, -0.15) is 4.68 Å². The molecule has 0 aliphatic rings. The Labute approximate surface area is 147 Å². The summed E-state index contributed by atoms with van der Waals surface area (Å²) in [6.07, 6.45) is 0. The van der Waals surface area contributed by atoms with Gasteiger partial charge < -0.3 is 0 Å². The van der Waals surface area contributed by atoms with E-state index in [1.165, 1.54) is 4.90 Å². The quantitative estimate of drug-likeness (QED) is 0.674. The van der Waals surface area contributed by atoms with Gasteiger partial charge >= 0.3 is 11.7 Å². The van der Waals surface area contributed by atoms with Crippen LogP contribution in [0.3, 0.4) is 0 Å². The van der Waals surface area contributed by atoms with Gasteiger partial charge in [0.15, 0.2) is 11.6 Å². The fourth-order valence-corrected chi connectivity index (χ4v) is 2.54. The van der Waals surface area contributed by atoms with E-state index >= 15 is 0 Å². The van der Waals surface area contributed by atoms with Crippen LogP contribution in [-0.4, -0.2) is 32.4 Å². The van der Waals surface area contributed by atoms with Crippen LogP contribution in [0.25, 0.3) is 5.69 Å². The molecule has 0 fully saturated rings. The molecule has 0 spiro atoms. The molecule has 134 valence electrons. The van der Waals surface area contributed by atoms with Crippen molar-refractivity contribution >= 4 is 11.7 Å². The molecule has 3 rings (SSSR count). The SMILES string of the molecule is CCN(C(=O)n1nnn(-c2c(F)cccc2F)c1=O)c1cccc(C)c1. The van der Waals surface area contributed by atoms with Crippen LogP contribution in [-0.2, 0) is 0 Å². The first kappa shape index (κ1) is 17.5. The Hall–Kier alpha value is -3.36. The number of benzene rings is 2. The Bertz CT molecular complexity index is 1010.